The number of hydrogen-bond acceptors (Lipinski definition) is 3. The molecule has 0 aliphatic carbocycles. The minimum Gasteiger partial charge on any atom is -0.240 e. The van der Waals surface area contributed by atoms with Crippen molar-refractivity contribution in [2.45, 2.75) is 0 Å². The monoisotopic (exact) mass is 414 g/mol. The SMILES string of the molecule is C(=NN(c1ccccc1)c1ccccc1)c1cn(-c2ccccc2)nc1-c1ccccc1. The third-order valence-corrected chi connectivity index (χ3v) is 5.12. The van der Waals surface area contributed by atoms with Gasteiger partial charge in [0.1, 0.15) is 5.69 Å². The first-order chi connectivity index (χ1) is 15.9. The minimum atomic E-state index is 0.888. The lowest BCUT2D eigenvalue weighted by Gasteiger charge is -2.19. The molecule has 1 aromatic heterocycles. The molecule has 0 atom stereocenters. The zero-order valence-corrected chi connectivity index (χ0v) is 17.5. The summed E-state index contributed by atoms with van der Waals surface area (Å²) in [5.41, 5.74) is 5.87. The van der Waals surface area contributed by atoms with Gasteiger partial charge in [-0.3, -0.25) is 0 Å². The van der Waals surface area contributed by atoms with Crippen LogP contribution in [0.15, 0.2) is 133 Å². The Morgan fingerprint density at radius 1 is 0.625 bits per heavy atom. The summed E-state index contributed by atoms with van der Waals surface area (Å²) in [5, 5.41) is 11.7. The van der Waals surface area contributed by atoms with Crippen LogP contribution >= 0.6 is 0 Å². The largest absolute Gasteiger partial charge is 0.240 e. The second-order valence-corrected chi connectivity index (χ2v) is 7.31. The third-order valence-electron chi connectivity index (χ3n) is 5.12. The molecule has 5 aromatic rings. The Kier molecular flexibility index (Phi) is 5.58. The van der Waals surface area contributed by atoms with E-state index in [2.05, 4.69) is 36.4 Å². The van der Waals surface area contributed by atoms with Gasteiger partial charge in [0.2, 0.25) is 0 Å². The molecule has 0 aliphatic rings. The molecular weight excluding hydrogens is 392 g/mol. The third kappa shape index (κ3) is 4.20. The van der Waals surface area contributed by atoms with E-state index in [1.807, 2.05) is 107 Å². The number of aromatic nitrogens is 2. The first-order valence-electron chi connectivity index (χ1n) is 10.5. The van der Waals surface area contributed by atoms with Crippen molar-refractivity contribution in [3.63, 3.8) is 0 Å². The van der Waals surface area contributed by atoms with E-state index in [1.165, 1.54) is 0 Å². The molecule has 4 nitrogen and oxygen atoms in total. The molecule has 0 unspecified atom stereocenters. The molecule has 0 aliphatic heterocycles. The Bertz CT molecular complexity index is 1260. The van der Waals surface area contributed by atoms with E-state index in [1.54, 1.807) is 0 Å². The van der Waals surface area contributed by atoms with E-state index in [9.17, 15) is 0 Å². The summed E-state index contributed by atoms with van der Waals surface area (Å²) in [7, 11) is 0. The van der Waals surface area contributed by atoms with Crippen molar-refractivity contribution >= 4 is 17.6 Å². The van der Waals surface area contributed by atoms with Crippen molar-refractivity contribution in [3.05, 3.63) is 133 Å². The molecule has 0 N–H and O–H groups in total. The second kappa shape index (κ2) is 9.14. The van der Waals surface area contributed by atoms with Crippen molar-refractivity contribution in [1.29, 1.82) is 0 Å². The summed E-state index contributed by atoms with van der Waals surface area (Å²) in [6.45, 7) is 0. The Morgan fingerprint density at radius 3 is 1.69 bits per heavy atom. The predicted molar refractivity (Wildman–Crippen MR) is 132 cm³/mol. The van der Waals surface area contributed by atoms with Gasteiger partial charge in [-0.2, -0.15) is 10.2 Å². The summed E-state index contributed by atoms with van der Waals surface area (Å²) in [4.78, 5) is 0. The number of hydrogen-bond donors (Lipinski definition) is 0. The average Bonchev–Trinajstić information content (AvgIpc) is 3.31. The zero-order chi connectivity index (χ0) is 21.6. The van der Waals surface area contributed by atoms with Gasteiger partial charge in [-0.05, 0) is 36.4 Å². The van der Waals surface area contributed by atoms with Crippen molar-refractivity contribution in [2.24, 2.45) is 5.10 Å². The number of benzene rings is 4. The van der Waals surface area contributed by atoms with E-state index >= 15 is 0 Å². The van der Waals surface area contributed by atoms with E-state index in [-0.39, 0.29) is 0 Å². The molecular formula is C28H22N4. The number of para-hydroxylation sites is 3. The fraction of sp³-hybridized carbons (Fsp3) is 0. The molecule has 4 aromatic carbocycles. The van der Waals surface area contributed by atoms with Gasteiger partial charge in [0.15, 0.2) is 0 Å². The smallest absolute Gasteiger partial charge is 0.102 e. The average molecular weight is 415 g/mol. The zero-order valence-electron chi connectivity index (χ0n) is 17.5. The Labute approximate surface area is 187 Å². The molecule has 32 heavy (non-hydrogen) atoms. The van der Waals surface area contributed by atoms with Crippen LogP contribution in [0.1, 0.15) is 5.56 Å². The van der Waals surface area contributed by atoms with Crippen LogP contribution in [0.25, 0.3) is 16.9 Å². The van der Waals surface area contributed by atoms with E-state index < -0.39 is 0 Å². The highest BCUT2D eigenvalue weighted by atomic mass is 15.5. The molecule has 0 amide bonds. The van der Waals surface area contributed by atoms with Gasteiger partial charge in [0.25, 0.3) is 0 Å². The van der Waals surface area contributed by atoms with Gasteiger partial charge in [-0.25, -0.2) is 9.69 Å². The predicted octanol–water partition coefficient (Wildman–Crippen LogP) is 6.71. The number of nitrogens with zero attached hydrogens (tertiary/aromatic N) is 4. The van der Waals surface area contributed by atoms with Crippen molar-refractivity contribution in [2.75, 3.05) is 5.01 Å². The van der Waals surface area contributed by atoms with Crippen LogP contribution in [-0.4, -0.2) is 16.0 Å². The van der Waals surface area contributed by atoms with Crippen LogP contribution in [0, 0.1) is 0 Å². The van der Waals surface area contributed by atoms with Crippen molar-refractivity contribution < 1.29 is 0 Å². The van der Waals surface area contributed by atoms with Gasteiger partial charge in [-0.15, -0.1) is 0 Å². The highest BCUT2D eigenvalue weighted by molar-refractivity contribution is 5.89. The van der Waals surface area contributed by atoms with Crippen molar-refractivity contribution in [1.82, 2.24) is 9.78 Å². The quantitative estimate of drug-likeness (QED) is 0.228. The summed E-state index contributed by atoms with van der Waals surface area (Å²) >= 11 is 0. The number of hydrazone groups is 1. The fourth-order valence-electron chi connectivity index (χ4n) is 3.56. The standard InChI is InChI=1S/C28H22N4/c1-5-13-23(14-6-1)28-24(22-31(30-28)25-15-7-2-8-16-25)21-29-32(26-17-9-3-10-18-26)27-19-11-4-12-20-27/h1-22H. The molecule has 154 valence electrons. The Morgan fingerprint density at radius 2 is 1.12 bits per heavy atom. The molecule has 0 saturated heterocycles. The lowest BCUT2D eigenvalue weighted by molar-refractivity contribution is 0.884. The highest BCUT2D eigenvalue weighted by Crippen LogP contribution is 2.27. The first-order valence-corrected chi connectivity index (χ1v) is 10.5. The highest BCUT2D eigenvalue weighted by Gasteiger charge is 2.12. The molecule has 0 bridgehead atoms. The van der Waals surface area contributed by atoms with E-state index in [0.717, 1.165) is 33.9 Å². The Balaban J connectivity index is 1.59. The summed E-state index contributed by atoms with van der Waals surface area (Å²) < 4.78 is 1.90. The number of anilines is 2. The van der Waals surface area contributed by atoms with Crippen LogP contribution in [-0.2, 0) is 0 Å². The minimum absolute atomic E-state index is 0.888. The first kappa shape index (κ1) is 19.5. The van der Waals surface area contributed by atoms with Crippen LogP contribution in [0.3, 0.4) is 0 Å². The van der Waals surface area contributed by atoms with Gasteiger partial charge in [0, 0.05) is 17.3 Å². The molecule has 1 heterocycles. The fourth-order valence-corrected chi connectivity index (χ4v) is 3.56. The molecule has 0 spiro atoms. The molecule has 5 rings (SSSR count). The summed E-state index contributed by atoms with van der Waals surface area (Å²) in [6.07, 6.45) is 3.91. The van der Waals surface area contributed by atoms with E-state index in [0.29, 0.717) is 0 Å². The maximum atomic E-state index is 4.88. The maximum Gasteiger partial charge on any atom is 0.102 e. The topological polar surface area (TPSA) is 33.4 Å². The van der Waals surface area contributed by atoms with Crippen LogP contribution in [0.4, 0.5) is 11.4 Å². The molecule has 4 heteroatoms. The van der Waals surface area contributed by atoms with Gasteiger partial charge < -0.3 is 0 Å². The van der Waals surface area contributed by atoms with E-state index in [4.69, 9.17) is 10.2 Å². The van der Waals surface area contributed by atoms with Gasteiger partial charge in [-0.1, -0.05) is 84.9 Å². The lowest BCUT2D eigenvalue weighted by atomic mass is 10.1. The van der Waals surface area contributed by atoms with Gasteiger partial charge in [0.05, 0.1) is 23.3 Å². The molecule has 0 saturated carbocycles. The molecule has 0 radical (unpaired) electrons. The summed E-state index contributed by atoms with van der Waals surface area (Å²) in [5.74, 6) is 0. The normalized spacial score (nSPS) is 11.0. The van der Waals surface area contributed by atoms with Crippen molar-refractivity contribution in [3.8, 4) is 16.9 Å². The maximum absolute atomic E-state index is 4.88. The van der Waals surface area contributed by atoms with Crippen LogP contribution in [0.5, 0.6) is 0 Å². The summed E-state index contributed by atoms with van der Waals surface area (Å²) in [6, 6.07) is 40.6. The second-order valence-electron chi connectivity index (χ2n) is 7.31. The number of rotatable bonds is 6. The molecule has 0 fully saturated rings. The lowest BCUT2D eigenvalue weighted by Crippen LogP contribution is -2.09. The van der Waals surface area contributed by atoms with Gasteiger partial charge >= 0.3 is 0 Å². The Hall–Kier alpha value is -4.44. The van der Waals surface area contributed by atoms with Crippen LogP contribution in [0.2, 0.25) is 0 Å². The van der Waals surface area contributed by atoms with Crippen LogP contribution < -0.4 is 5.01 Å².